The number of non-ortho nitro benzene ring substituents is 1. The number of carbonyl (C=O) groups is 1. The van der Waals surface area contributed by atoms with Crippen LogP contribution in [0.2, 0.25) is 10.0 Å². The molecule has 0 N–H and O–H groups in total. The molecule has 0 aromatic heterocycles. The number of Topliss-reactive ketones (excluding diaryl/α,β-unsaturated/α-hetero) is 1. The van der Waals surface area contributed by atoms with Crippen LogP contribution in [0.15, 0.2) is 60.4 Å². The molecule has 2 aliphatic rings. The SMILES string of the molecule is O=C1/C(=C/c2ccc([N+](=O)[O-])cc2)Oc2c1ccc1c2CN(Cc2ccc(Cl)c(Cl)c2)CO1. The summed E-state index contributed by atoms with van der Waals surface area (Å²) in [6.45, 7) is 1.49. The van der Waals surface area contributed by atoms with Gasteiger partial charge in [0.05, 0.1) is 26.1 Å². The number of rotatable bonds is 4. The summed E-state index contributed by atoms with van der Waals surface area (Å²) in [5.74, 6) is 1.06. The lowest BCUT2D eigenvalue weighted by molar-refractivity contribution is -0.384. The lowest BCUT2D eigenvalue weighted by Gasteiger charge is -2.29. The molecule has 3 aromatic rings. The normalized spacial score (nSPS) is 16.2. The molecule has 9 heteroatoms. The number of ketones is 1. The third-order valence-electron chi connectivity index (χ3n) is 5.47. The first-order valence-corrected chi connectivity index (χ1v) is 10.8. The summed E-state index contributed by atoms with van der Waals surface area (Å²) >= 11 is 12.1. The van der Waals surface area contributed by atoms with Crippen molar-refractivity contribution in [1.82, 2.24) is 4.90 Å². The molecule has 166 valence electrons. The predicted molar refractivity (Wildman–Crippen MR) is 124 cm³/mol. The van der Waals surface area contributed by atoms with Gasteiger partial charge >= 0.3 is 0 Å². The summed E-state index contributed by atoms with van der Waals surface area (Å²) < 4.78 is 11.9. The van der Waals surface area contributed by atoms with Crippen LogP contribution in [0.5, 0.6) is 11.5 Å². The highest BCUT2D eigenvalue weighted by molar-refractivity contribution is 6.42. The van der Waals surface area contributed by atoms with E-state index in [-0.39, 0.29) is 17.2 Å². The molecule has 0 saturated carbocycles. The third-order valence-corrected chi connectivity index (χ3v) is 6.21. The van der Waals surface area contributed by atoms with E-state index in [9.17, 15) is 14.9 Å². The van der Waals surface area contributed by atoms with Crippen LogP contribution in [-0.2, 0) is 13.1 Å². The van der Waals surface area contributed by atoms with E-state index in [0.29, 0.717) is 52.5 Å². The van der Waals surface area contributed by atoms with Gasteiger partial charge in [-0.2, -0.15) is 0 Å². The van der Waals surface area contributed by atoms with E-state index in [4.69, 9.17) is 32.7 Å². The number of allylic oxidation sites excluding steroid dienone is 1. The summed E-state index contributed by atoms with van der Waals surface area (Å²) in [7, 11) is 0. The first-order chi connectivity index (χ1) is 15.9. The standard InChI is InChI=1S/C24H16Cl2N2O5/c25-19-7-3-15(9-20(19)26)11-27-12-18-21(32-13-27)8-6-17-23(29)22(33-24(17)18)10-14-1-4-16(5-2-14)28(30)31/h1-10H,11-13H2/b22-10-. The molecule has 0 atom stereocenters. The summed E-state index contributed by atoms with van der Waals surface area (Å²) in [4.78, 5) is 25.4. The fraction of sp³-hybridized carbons (Fsp3) is 0.125. The van der Waals surface area contributed by atoms with Gasteiger partial charge in [-0.1, -0.05) is 29.3 Å². The lowest BCUT2D eigenvalue weighted by atomic mass is 10.0. The molecule has 0 spiro atoms. The van der Waals surface area contributed by atoms with Gasteiger partial charge in [0, 0.05) is 25.2 Å². The van der Waals surface area contributed by atoms with E-state index in [2.05, 4.69) is 4.90 Å². The highest BCUT2D eigenvalue weighted by Crippen LogP contribution is 2.42. The number of hydrogen-bond donors (Lipinski definition) is 0. The van der Waals surface area contributed by atoms with Crippen molar-refractivity contribution < 1.29 is 19.2 Å². The van der Waals surface area contributed by atoms with Crippen molar-refractivity contribution in [3.63, 3.8) is 0 Å². The molecule has 5 rings (SSSR count). The predicted octanol–water partition coefficient (Wildman–Crippen LogP) is 5.87. The minimum atomic E-state index is -0.472. The summed E-state index contributed by atoms with van der Waals surface area (Å²) in [6, 6.07) is 14.9. The molecule has 3 aromatic carbocycles. The van der Waals surface area contributed by atoms with Crippen molar-refractivity contribution in [3.8, 4) is 11.5 Å². The zero-order chi connectivity index (χ0) is 23.1. The number of nitro benzene ring substituents is 1. The van der Waals surface area contributed by atoms with Crippen molar-refractivity contribution in [2.45, 2.75) is 13.1 Å². The molecule has 2 aliphatic heterocycles. The van der Waals surface area contributed by atoms with Gasteiger partial charge in [-0.25, -0.2) is 0 Å². The van der Waals surface area contributed by atoms with Crippen LogP contribution in [0.4, 0.5) is 5.69 Å². The Morgan fingerprint density at radius 3 is 2.58 bits per heavy atom. The number of nitro groups is 1. The Hall–Kier alpha value is -3.39. The maximum atomic E-state index is 12.9. The maximum absolute atomic E-state index is 12.9. The Morgan fingerprint density at radius 1 is 1.06 bits per heavy atom. The molecule has 7 nitrogen and oxygen atoms in total. The van der Waals surface area contributed by atoms with Crippen LogP contribution in [0.25, 0.3) is 6.08 Å². The molecular formula is C24H16Cl2N2O5. The number of benzene rings is 3. The molecule has 0 amide bonds. The fourth-order valence-corrected chi connectivity index (χ4v) is 4.17. The van der Waals surface area contributed by atoms with E-state index >= 15 is 0 Å². The summed E-state index contributed by atoms with van der Waals surface area (Å²) in [5, 5.41) is 11.8. The second-order valence-corrected chi connectivity index (χ2v) is 8.53. The average Bonchev–Trinajstić information content (AvgIpc) is 3.12. The molecule has 0 bridgehead atoms. The van der Waals surface area contributed by atoms with E-state index in [1.807, 2.05) is 12.1 Å². The van der Waals surface area contributed by atoms with E-state index in [1.165, 1.54) is 12.1 Å². The first kappa shape index (κ1) is 21.5. The van der Waals surface area contributed by atoms with Gasteiger partial charge in [0.1, 0.15) is 18.2 Å². The molecule has 0 fully saturated rings. The van der Waals surface area contributed by atoms with E-state index in [1.54, 1.807) is 36.4 Å². The Balaban J connectivity index is 1.39. The van der Waals surface area contributed by atoms with Gasteiger partial charge in [-0.3, -0.25) is 19.8 Å². The average molecular weight is 483 g/mol. The van der Waals surface area contributed by atoms with Gasteiger partial charge in [0.25, 0.3) is 5.69 Å². The van der Waals surface area contributed by atoms with Crippen LogP contribution in [-0.4, -0.2) is 22.3 Å². The number of fused-ring (bicyclic) bond motifs is 3. The highest BCUT2D eigenvalue weighted by Gasteiger charge is 2.33. The van der Waals surface area contributed by atoms with Crippen molar-refractivity contribution >= 4 is 40.7 Å². The van der Waals surface area contributed by atoms with Gasteiger partial charge in [0.15, 0.2) is 5.76 Å². The topological polar surface area (TPSA) is 81.9 Å². The number of hydrogen-bond acceptors (Lipinski definition) is 6. The van der Waals surface area contributed by atoms with Crippen LogP contribution in [0.1, 0.15) is 27.0 Å². The van der Waals surface area contributed by atoms with Crippen LogP contribution in [0, 0.1) is 10.1 Å². The van der Waals surface area contributed by atoms with E-state index in [0.717, 1.165) is 11.1 Å². The van der Waals surface area contributed by atoms with Gasteiger partial charge in [0.2, 0.25) is 5.78 Å². The van der Waals surface area contributed by atoms with Crippen LogP contribution in [0.3, 0.4) is 0 Å². The number of ether oxygens (including phenoxy) is 2. The van der Waals surface area contributed by atoms with Gasteiger partial charge in [-0.15, -0.1) is 0 Å². The molecule has 0 saturated heterocycles. The van der Waals surface area contributed by atoms with Crippen LogP contribution >= 0.6 is 23.2 Å². The Labute approximate surface area is 198 Å². The highest BCUT2D eigenvalue weighted by atomic mass is 35.5. The minimum Gasteiger partial charge on any atom is -0.478 e. The Morgan fingerprint density at radius 2 is 1.85 bits per heavy atom. The van der Waals surface area contributed by atoms with Crippen LogP contribution < -0.4 is 9.47 Å². The van der Waals surface area contributed by atoms with Crippen molar-refractivity contribution in [2.24, 2.45) is 0 Å². The number of carbonyl (C=O) groups excluding carboxylic acids is 1. The second-order valence-electron chi connectivity index (χ2n) is 7.72. The smallest absolute Gasteiger partial charge is 0.269 e. The second kappa shape index (κ2) is 8.51. The van der Waals surface area contributed by atoms with Gasteiger partial charge in [-0.05, 0) is 53.6 Å². The monoisotopic (exact) mass is 482 g/mol. The minimum absolute atomic E-state index is 0.0209. The summed E-state index contributed by atoms with van der Waals surface area (Å²) in [6.07, 6.45) is 1.58. The molecule has 0 aliphatic carbocycles. The molecule has 2 heterocycles. The zero-order valence-electron chi connectivity index (χ0n) is 17.1. The van der Waals surface area contributed by atoms with E-state index < -0.39 is 4.92 Å². The molecular weight excluding hydrogens is 467 g/mol. The Bertz CT molecular complexity index is 1320. The molecule has 0 radical (unpaired) electrons. The van der Waals surface area contributed by atoms with Crippen molar-refractivity contribution in [1.29, 1.82) is 0 Å². The summed E-state index contributed by atoms with van der Waals surface area (Å²) in [5.41, 5.74) is 2.84. The van der Waals surface area contributed by atoms with Crippen molar-refractivity contribution in [2.75, 3.05) is 6.73 Å². The maximum Gasteiger partial charge on any atom is 0.269 e. The Kier molecular flexibility index (Phi) is 5.54. The third kappa shape index (κ3) is 4.18. The van der Waals surface area contributed by atoms with Crippen molar-refractivity contribution in [3.05, 3.63) is 103 Å². The molecule has 0 unspecified atom stereocenters. The largest absolute Gasteiger partial charge is 0.478 e. The lowest BCUT2D eigenvalue weighted by Crippen LogP contribution is -2.31. The number of nitrogens with zero attached hydrogens (tertiary/aromatic N) is 2. The number of halogens is 2. The quantitative estimate of drug-likeness (QED) is 0.262. The van der Waals surface area contributed by atoms with Gasteiger partial charge < -0.3 is 9.47 Å². The first-order valence-electron chi connectivity index (χ1n) is 10.0. The fourth-order valence-electron chi connectivity index (χ4n) is 3.85. The zero-order valence-corrected chi connectivity index (χ0v) is 18.6. The molecule has 33 heavy (non-hydrogen) atoms.